The molecule has 0 aromatic heterocycles. The van der Waals surface area contributed by atoms with E-state index in [1.165, 1.54) is 5.56 Å². The van der Waals surface area contributed by atoms with Crippen LogP contribution >= 0.6 is 0 Å². The lowest BCUT2D eigenvalue weighted by Crippen LogP contribution is -2.54. The number of ether oxygens (including phenoxy) is 1. The molecule has 1 aliphatic rings. The molecule has 4 nitrogen and oxygen atoms in total. The van der Waals surface area contributed by atoms with Crippen LogP contribution in [0.3, 0.4) is 0 Å². The number of nitrogens with zero attached hydrogens (tertiary/aromatic N) is 2. The van der Waals surface area contributed by atoms with Gasteiger partial charge in [0, 0.05) is 43.8 Å². The van der Waals surface area contributed by atoms with Gasteiger partial charge in [0.2, 0.25) is 0 Å². The van der Waals surface area contributed by atoms with Crippen molar-refractivity contribution >= 4 is 0 Å². The van der Waals surface area contributed by atoms with E-state index in [0.717, 1.165) is 31.9 Å². The van der Waals surface area contributed by atoms with E-state index in [9.17, 15) is 0 Å². The van der Waals surface area contributed by atoms with Crippen LogP contribution in [0.25, 0.3) is 0 Å². The summed E-state index contributed by atoms with van der Waals surface area (Å²) < 4.78 is 5.50. The minimum Gasteiger partial charge on any atom is -0.496 e. The Hall–Kier alpha value is -1.10. The van der Waals surface area contributed by atoms with Crippen LogP contribution in [0, 0.1) is 0 Å². The Balaban J connectivity index is 2.10. The summed E-state index contributed by atoms with van der Waals surface area (Å²) in [5.41, 5.74) is 7.51. The van der Waals surface area contributed by atoms with Crippen molar-refractivity contribution in [1.29, 1.82) is 0 Å². The lowest BCUT2D eigenvalue weighted by atomic mass is 10.0. The fraction of sp³-hybridized carbons (Fsp3) is 0.647. The molecule has 1 aliphatic heterocycles. The first-order valence-corrected chi connectivity index (χ1v) is 7.79. The van der Waals surface area contributed by atoms with Crippen LogP contribution < -0.4 is 10.5 Å². The minimum atomic E-state index is 0.239. The number of hydrogen-bond acceptors (Lipinski definition) is 4. The van der Waals surface area contributed by atoms with E-state index < -0.39 is 0 Å². The Bertz CT molecular complexity index is 448. The number of benzene rings is 1. The zero-order valence-electron chi connectivity index (χ0n) is 13.8. The summed E-state index contributed by atoms with van der Waals surface area (Å²) in [4.78, 5) is 5.03. The molecule has 118 valence electrons. The van der Waals surface area contributed by atoms with E-state index in [0.29, 0.717) is 6.54 Å². The van der Waals surface area contributed by atoms with Crippen molar-refractivity contribution in [3.63, 3.8) is 0 Å². The van der Waals surface area contributed by atoms with Gasteiger partial charge in [-0.3, -0.25) is 9.80 Å². The van der Waals surface area contributed by atoms with E-state index in [1.54, 1.807) is 7.11 Å². The summed E-state index contributed by atoms with van der Waals surface area (Å²) >= 11 is 0. The number of nitrogens with two attached hydrogens (primary N) is 1. The molecule has 0 radical (unpaired) electrons. The average molecular weight is 291 g/mol. The van der Waals surface area contributed by atoms with Crippen molar-refractivity contribution in [3.8, 4) is 5.75 Å². The molecule has 2 rings (SSSR count). The summed E-state index contributed by atoms with van der Waals surface area (Å²) in [6.45, 7) is 11.8. The van der Waals surface area contributed by atoms with Crippen molar-refractivity contribution < 1.29 is 4.74 Å². The molecule has 1 aromatic carbocycles. The van der Waals surface area contributed by atoms with Gasteiger partial charge in [0.1, 0.15) is 5.75 Å². The Morgan fingerprint density at radius 3 is 2.29 bits per heavy atom. The molecule has 1 unspecified atom stereocenters. The second kappa shape index (κ2) is 6.77. The normalized spacial score (nSPS) is 19.5. The van der Waals surface area contributed by atoms with Gasteiger partial charge in [-0.05, 0) is 26.8 Å². The van der Waals surface area contributed by atoms with E-state index in [4.69, 9.17) is 10.5 Å². The first kappa shape index (κ1) is 16.3. The molecule has 1 heterocycles. The third-order valence-electron chi connectivity index (χ3n) is 4.42. The summed E-state index contributed by atoms with van der Waals surface area (Å²) in [5.74, 6) is 0.936. The van der Waals surface area contributed by atoms with E-state index in [-0.39, 0.29) is 11.6 Å². The van der Waals surface area contributed by atoms with Gasteiger partial charge in [0.25, 0.3) is 0 Å². The molecule has 0 spiro atoms. The molecule has 0 amide bonds. The van der Waals surface area contributed by atoms with Gasteiger partial charge in [-0.15, -0.1) is 0 Å². The van der Waals surface area contributed by atoms with Crippen LogP contribution in [0.4, 0.5) is 0 Å². The maximum atomic E-state index is 6.07. The third-order valence-corrected chi connectivity index (χ3v) is 4.42. The Morgan fingerprint density at radius 1 is 1.14 bits per heavy atom. The lowest BCUT2D eigenvalue weighted by Gasteiger charge is -2.44. The summed E-state index contributed by atoms with van der Waals surface area (Å²) in [6, 6.07) is 8.46. The fourth-order valence-electron chi connectivity index (χ4n) is 3.12. The van der Waals surface area contributed by atoms with Gasteiger partial charge in [0.15, 0.2) is 0 Å². The topological polar surface area (TPSA) is 41.7 Å². The van der Waals surface area contributed by atoms with Crippen molar-refractivity contribution in [1.82, 2.24) is 9.80 Å². The second-order valence-electron chi connectivity index (χ2n) is 6.69. The van der Waals surface area contributed by atoms with E-state index in [1.807, 2.05) is 12.1 Å². The molecule has 0 bridgehead atoms. The standard InChI is InChI=1S/C17H29N3O/c1-17(2,3)20-11-9-19(10-12-20)15(13-18)14-7-5-6-8-16(14)21-4/h5-8,15H,9-13,18H2,1-4H3. The zero-order chi connectivity index (χ0) is 15.5. The quantitative estimate of drug-likeness (QED) is 0.922. The number of piperazine rings is 1. The SMILES string of the molecule is COc1ccccc1C(CN)N1CCN(C(C)(C)C)CC1. The van der Waals surface area contributed by atoms with Crippen molar-refractivity contribution in [2.24, 2.45) is 5.73 Å². The molecular formula is C17H29N3O. The molecule has 1 atom stereocenters. The second-order valence-corrected chi connectivity index (χ2v) is 6.69. The Kier molecular flexibility index (Phi) is 5.25. The summed E-state index contributed by atoms with van der Waals surface area (Å²) in [6.07, 6.45) is 0. The highest BCUT2D eigenvalue weighted by molar-refractivity contribution is 5.36. The number of para-hydroxylation sites is 1. The van der Waals surface area contributed by atoms with Gasteiger partial charge in [-0.1, -0.05) is 18.2 Å². The van der Waals surface area contributed by atoms with Crippen LogP contribution in [0.15, 0.2) is 24.3 Å². The van der Waals surface area contributed by atoms with Crippen LogP contribution in [0.2, 0.25) is 0 Å². The van der Waals surface area contributed by atoms with Gasteiger partial charge in [-0.25, -0.2) is 0 Å². The van der Waals surface area contributed by atoms with Crippen molar-refractivity contribution in [3.05, 3.63) is 29.8 Å². The molecule has 0 saturated carbocycles. The third kappa shape index (κ3) is 3.76. The van der Waals surface area contributed by atoms with Crippen LogP contribution in [0.1, 0.15) is 32.4 Å². The molecule has 4 heteroatoms. The highest BCUT2D eigenvalue weighted by atomic mass is 16.5. The minimum absolute atomic E-state index is 0.239. The van der Waals surface area contributed by atoms with Crippen molar-refractivity contribution in [2.75, 3.05) is 39.8 Å². The molecule has 2 N–H and O–H groups in total. The first-order valence-electron chi connectivity index (χ1n) is 7.79. The largest absolute Gasteiger partial charge is 0.496 e. The smallest absolute Gasteiger partial charge is 0.123 e. The van der Waals surface area contributed by atoms with E-state index >= 15 is 0 Å². The lowest BCUT2D eigenvalue weighted by molar-refractivity contribution is 0.0428. The van der Waals surface area contributed by atoms with Crippen molar-refractivity contribution in [2.45, 2.75) is 32.4 Å². The Morgan fingerprint density at radius 2 is 1.76 bits per heavy atom. The zero-order valence-corrected chi connectivity index (χ0v) is 13.8. The molecular weight excluding hydrogens is 262 g/mol. The molecule has 1 aromatic rings. The molecule has 21 heavy (non-hydrogen) atoms. The monoisotopic (exact) mass is 291 g/mol. The van der Waals surface area contributed by atoms with Gasteiger partial charge in [-0.2, -0.15) is 0 Å². The first-order chi connectivity index (χ1) is 9.97. The number of methoxy groups -OCH3 is 1. The van der Waals surface area contributed by atoms with Crippen LogP contribution in [-0.4, -0.2) is 55.2 Å². The summed E-state index contributed by atoms with van der Waals surface area (Å²) in [7, 11) is 1.73. The predicted molar refractivity (Wildman–Crippen MR) is 87.7 cm³/mol. The Labute approximate surface area is 128 Å². The molecule has 0 aliphatic carbocycles. The summed E-state index contributed by atoms with van der Waals surface area (Å²) in [5, 5.41) is 0. The highest BCUT2D eigenvalue weighted by Crippen LogP contribution is 2.30. The average Bonchev–Trinajstić information content (AvgIpc) is 2.48. The van der Waals surface area contributed by atoms with Crippen LogP contribution in [0.5, 0.6) is 5.75 Å². The van der Waals surface area contributed by atoms with Crippen LogP contribution in [-0.2, 0) is 0 Å². The van der Waals surface area contributed by atoms with Gasteiger partial charge < -0.3 is 10.5 Å². The number of hydrogen-bond donors (Lipinski definition) is 1. The molecule has 1 saturated heterocycles. The van der Waals surface area contributed by atoms with Gasteiger partial charge in [0.05, 0.1) is 13.2 Å². The number of rotatable bonds is 4. The van der Waals surface area contributed by atoms with E-state index in [2.05, 4.69) is 42.7 Å². The fourth-order valence-corrected chi connectivity index (χ4v) is 3.12. The molecule has 1 fully saturated rings. The highest BCUT2D eigenvalue weighted by Gasteiger charge is 2.30. The maximum absolute atomic E-state index is 6.07. The maximum Gasteiger partial charge on any atom is 0.123 e. The predicted octanol–water partition coefficient (Wildman–Crippen LogP) is 2.11. The van der Waals surface area contributed by atoms with Gasteiger partial charge >= 0.3 is 0 Å².